The molecule has 0 saturated carbocycles. The summed E-state index contributed by atoms with van der Waals surface area (Å²) in [5.74, 6) is 1.40. The molecule has 6 nitrogen and oxygen atoms in total. The van der Waals surface area contributed by atoms with E-state index in [0.29, 0.717) is 24.6 Å². The molecule has 0 bridgehead atoms. The minimum absolute atomic E-state index is 0.00906. The second-order valence-electron chi connectivity index (χ2n) is 8.47. The van der Waals surface area contributed by atoms with Crippen LogP contribution in [0.4, 0.5) is 0 Å². The number of benzene rings is 2. The summed E-state index contributed by atoms with van der Waals surface area (Å²) in [4.78, 5) is 27.6. The highest BCUT2D eigenvalue weighted by Crippen LogP contribution is 2.20. The summed E-state index contributed by atoms with van der Waals surface area (Å²) < 4.78 is 11.0. The summed E-state index contributed by atoms with van der Waals surface area (Å²) in [6.45, 7) is 10.1. The van der Waals surface area contributed by atoms with Gasteiger partial charge in [-0.15, -0.1) is 0 Å². The van der Waals surface area contributed by atoms with Gasteiger partial charge in [-0.2, -0.15) is 0 Å². The Kier molecular flexibility index (Phi) is 9.57. The van der Waals surface area contributed by atoms with E-state index in [-0.39, 0.29) is 24.5 Å². The maximum absolute atomic E-state index is 13.2. The fraction of sp³-hybridized carbons (Fsp3) is 0.462. The Morgan fingerprint density at radius 3 is 2.03 bits per heavy atom. The largest absolute Gasteiger partial charge is 0.497 e. The molecule has 6 heteroatoms. The molecule has 2 aromatic carbocycles. The van der Waals surface area contributed by atoms with Crippen LogP contribution in [-0.2, 0) is 16.1 Å². The van der Waals surface area contributed by atoms with E-state index in [9.17, 15) is 9.59 Å². The minimum atomic E-state index is -0.584. The van der Waals surface area contributed by atoms with Crippen LogP contribution < -0.4 is 14.8 Å². The first kappa shape index (κ1) is 25.2. The van der Waals surface area contributed by atoms with Gasteiger partial charge in [-0.25, -0.2) is 0 Å². The second kappa shape index (κ2) is 12.1. The van der Waals surface area contributed by atoms with Gasteiger partial charge in [-0.3, -0.25) is 9.59 Å². The first-order valence-corrected chi connectivity index (χ1v) is 11.2. The number of ether oxygens (including phenoxy) is 2. The highest BCUT2D eigenvalue weighted by Gasteiger charge is 2.29. The SMILES string of the molecule is CC[C@H](C(=O)NC(C)C)N(Cc1ccc(OC)cc1)C(=O)COc1ccc(C(C)C)cc1. The van der Waals surface area contributed by atoms with Crippen LogP contribution in [0.25, 0.3) is 0 Å². The summed E-state index contributed by atoms with van der Waals surface area (Å²) in [6, 6.07) is 14.7. The Hall–Kier alpha value is -3.02. The number of methoxy groups -OCH3 is 1. The highest BCUT2D eigenvalue weighted by molar-refractivity contribution is 5.88. The van der Waals surface area contributed by atoms with Gasteiger partial charge in [0, 0.05) is 12.6 Å². The molecule has 32 heavy (non-hydrogen) atoms. The lowest BCUT2D eigenvalue weighted by Crippen LogP contribution is -2.51. The van der Waals surface area contributed by atoms with Gasteiger partial charge in [0.15, 0.2) is 6.61 Å². The predicted molar refractivity (Wildman–Crippen MR) is 127 cm³/mol. The van der Waals surface area contributed by atoms with Crippen molar-refractivity contribution in [2.75, 3.05) is 13.7 Å². The third-order valence-electron chi connectivity index (χ3n) is 5.24. The lowest BCUT2D eigenvalue weighted by molar-refractivity contribution is -0.143. The molecule has 0 spiro atoms. The number of hydrogen-bond acceptors (Lipinski definition) is 4. The molecule has 174 valence electrons. The molecule has 2 aromatic rings. The number of amides is 2. The molecule has 0 aromatic heterocycles. The average molecular weight is 441 g/mol. The number of carbonyl (C=O) groups is 2. The fourth-order valence-electron chi connectivity index (χ4n) is 3.40. The van der Waals surface area contributed by atoms with Crippen molar-refractivity contribution in [3.05, 3.63) is 59.7 Å². The molecule has 0 heterocycles. The van der Waals surface area contributed by atoms with E-state index in [1.54, 1.807) is 12.0 Å². The van der Waals surface area contributed by atoms with E-state index in [1.807, 2.05) is 69.3 Å². The van der Waals surface area contributed by atoms with E-state index in [4.69, 9.17) is 9.47 Å². The molecular formula is C26H36N2O4. The Balaban J connectivity index is 2.18. The monoisotopic (exact) mass is 440 g/mol. The topological polar surface area (TPSA) is 67.9 Å². The van der Waals surface area contributed by atoms with Crippen LogP contribution in [0, 0.1) is 0 Å². The quantitative estimate of drug-likeness (QED) is 0.557. The third-order valence-corrected chi connectivity index (χ3v) is 5.24. The van der Waals surface area contributed by atoms with Crippen LogP contribution in [0.2, 0.25) is 0 Å². The molecule has 0 aliphatic carbocycles. The van der Waals surface area contributed by atoms with Gasteiger partial charge in [0.2, 0.25) is 5.91 Å². The minimum Gasteiger partial charge on any atom is -0.497 e. The molecule has 1 N–H and O–H groups in total. The Morgan fingerprint density at radius 1 is 0.938 bits per heavy atom. The number of rotatable bonds is 11. The predicted octanol–water partition coefficient (Wildman–Crippen LogP) is 4.53. The van der Waals surface area contributed by atoms with Crippen molar-refractivity contribution in [1.82, 2.24) is 10.2 Å². The molecule has 0 unspecified atom stereocenters. The van der Waals surface area contributed by atoms with Crippen LogP contribution in [0.1, 0.15) is 58.1 Å². The number of hydrogen-bond donors (Lipinski definition) is 1. The number of nitrogens with zero attached hydrogens (tertiary/aromatic N) is 1. The number of nitrogens with one attached hydrogen (secondary N) is 1. The van der Waals surface area contributed by atoms with E-state index in [0.717, 1.165) is 11.3 Å². The van der Waals surface area contributed by atoms with Crippen LogP contribution in [-0.4, -0.2) is 42.5 Å². The van der Waals surface area contributed by atoms with Crippen LogP contribution in [0.15, 0.2) is 48.5 Å². The van der Waals surface area contributed by atoms with Gasteiger partial charge < -0.3 is 19.7 Å². The lowest BCUT2D eigenvalue weighted by atomic mass is 10.0. The summed E-state index contributed by atoms with van der Waals surface area (Å²) in [7, 11) is 1.61. The molecule has 0 aliphatic heterocycles. The van der Waals surface area contributed by atoms with Gasteiger partial charge in [0.05, 0.1) is 7.11 Å². The van der Waals surface area contributed by atoms with E-state index < -0.39 is 6.04 Å². The molecule has 1 atom stereocenters. The Morgan fingerprint density at radius 2 is 1.53 bits per heavy atom. The van der Waals surface area contributed by atoms with Crippen molar-refractivity contribution in [2.24, 2.45) is 0 Å². The lowest BCUT2D eigenvalue weighted by Gasteiger charge is -2.31. The zero-order valence-electron chi connectivity index (χ0n) is 20.1. The molecule has 0 saturated heterocycles. The Bertz CT molecular complexity index is 860. The van der Waals surface area contributed by atoms with Crippen molar-refractivity contribution < 1.29 is 19.1 Å². The number of carbonyl (C=O) groups excluding carboxylic acids is 2. The molecule has 0 radical (unpaired) electrons. The molecule has 0 aliphatic rings. The fourth-order valence-corrected chi connectivity index (χ4v) is 3.40. The molecular weight excluding hydrogens is 404 g/mol. The normalized spacial score (nSPS) is 11.9. The van der Waals surface area contributed by atoms with Crippen molar-refractivity contribution in [2.45, 2.75) is 65.6 Å². The Labute approximate surface area is 191 Å². The summed E-state index contributed by atoms with van der Waals surface area (Å²) in [5, 5.41) is 2.93. The zero-order chi connectivity index (χ0) is 23.7. The summed E-state index contributed by atoms with van der Waals surface area (Å²) in [6.07, 6.45) is 0.504. The van der Waals surface area contributed by atoms with Gasteiger partial charge in [-0.05, 0) is 61.6 Å². The van der Waals surface area contributed by atoms with Crippen molar-refractivity contribution in [3.63, 3.8) is 0 Å². The zero-order valence-corrected chi connectivity index (χ0v) is 20.1. The molecule has 2 amide bonds. The summed E-state index contributed by atoms with van der Waals surface area (Å²) in [5.41, 5.74) is 2.12. The standard InChI is InChI=1S/C26H36N2O4/c1-7-24(26(30)27-19(4)5)28(16-20-8-12-22(31-6)13-9-20)25(29)17-32-23-14-10-21(11-15-23)18(2)3/h8-15,18-19,24H,7,16-17H2,1-6H3,(H,27,30)/t24-/m1/s1. The van der Waals surface area contributed by atoms with Gasteiger partial charge in [0.1, 0.15) is 17.5 Å². The van der Waals surface area contributed by atoms with Gasteiger partial charge in [-0.1, -0.05) is 45.0 Å². The molecule has 0 fully saturated rings. The van der Waals surface area contributed by atoms with Gasteiger partial charge in [0.25, 0.3) is 5.91 Å². The van der Waals surface area contributed by atoms with E-state index in [1.165, 1.54) is 5.56 Å². The molecule has 2 rings (SSSR count). The summed E-state index contributed by atoms with van der Waals surface area (Å²) >= 11 is 0. The van der Waals surface area contributed by atoms with E-state index in [2.05, 4.69) is 19.2 Å². The first-order chi connectivity index (χ1) is 15.2. The second-order valence-corrected chi connectivity index (χ2v) is 8.47. The van der Waals surface area contributed by atoms with Crippen LogP contribution in [0.5, 0.6) is 11.5 Å². The van der Waals surface area contributed by atoms with Crippen LogP contribution >= 0.6 is 0 Å². The maximum atomic E-state index is 13.2. The maximum Gasteiger partial charge on any atom is 0.261 e. The third kappa shape index (κ3) is 7.29. The van der Waals surface area contributed by atoms with Crippen LogP contribution in [0.3, 0.4) is 0 Å². The van der Waals surface area contributed by atoms with Gasteiger partial charge >= 0.3 is 0 Å². The first-order valence-electron chi connectivity index (χ1n) is 11.2. The van der Waals surface area contributed by atoms with Crippen molar-refractivity contribution >= 4 is 11.8 Å². The van der Waals surface area contributed by atoms with E-state index >= 15 is 0 Å². The van der Waals surface area contributed by atoms with Crippen molar-refractivity contribution in [1.29, 1.82) is 0 Å². The highest BCUT2D eigenvalue weighted by atomic mass is 16.5. The van der Waals surface area contributed by atoms with Crippen molar-refractivity contribution in [3.8, 4) is 11.5 Å². The average Bonchev–Trinajstić information content (AvgIpc) is 2.77. The smallest absolute Gasteiger partial charge is 0.261 e.